The maximum atomic E-state index is 13.7. The standard InChI is InChI=1S/C25H25ClN4O4/c1-13-11-15(26)12-16-21(13)28-24(34)25(16)20-19(17(29-25)7-8-18(27)31)22(32)30(23(20)33)10-9-14-5-3-2-4-6-14/h2-6,11-12,17,19-20,29H,7-10H2,1H3,(H2,27,31)(H,28,34)/t17-,19+,20+,25+/m0/s1. The number of halogens is 1. The van der Waals surface area contributed by atoms with Gasteiger partial charge in [-0.1, -0.05) is 41.9 Å². The van der Waals surface area contributed by atoms with Crippen LogP contribution < -0.4 is 16.4 Å². The van der Waals surface area contributed by atoms with Crippen molar-refractivity contribution < 1.29 is 19.2 Å². The quantitative estimate of drug-likeness (QED) is 0.545. The second-order valence-corrected chi connectivity index (χ2v) is 9.67. The molecule has 3 aliphatic rings. The molecule has 0 bridgehead atoms. The molecule has 2 saturated heterocycles. The summed E-state index contributed by atoms with van der Waals surface area (Å²) < 4.78 is 0. The van der Waals surface area contributed by atoms with Gasteiger partial charge in [-0.25, -0.2) is 0 Å². The van der Waals surface area contributed by atoms with Crippen molar-refractivity contribution in [1.29, 1.82) is 0 Å². The summed E-state index contributed by atoms with van der Waals surface area (Å²) in [6.07, 6.45) is 0.787. The molecule has 0 aromatic heterocycles. The Morgan fingerprint density at radius 2 is 1.88 bits per heavy atom. The van der Waals surface area contributed by atoms with Gasteiger partial charge in [-0.05, 0) is 43.0 Å². The summed E-state index contributed by atoms with van der Waals surface area (Å²) in [5, 5.41) is 6.62. The van der Waals surface area contributed by atoms with Crippen LogP contribution in [0.2, 0.25) is 5.02 Å². The Morgan fingerprint density at radius 3 is 2.59 bits per heavy atom. The van der Waals surface area contributed by atoms with Gasteiger partial charge in [-0.3, -0.25) is 29.4 Å². The zero-order valence-corrected chi connectivity index (χ0v) is 19.4. The molecule has 8 nitrogen and oxygen atoms in total. The minimum Gasteiger partial charge on any atom is -0.370 e. The van der Waals surface area contributed by atoms with Crippen molar-refractivity contribution in [2.24, 2.45) is 17.6 Å². The van der Waals surface area contributed by atoms with Crippen LogP contribution in [0.1, 0.15) is 29.5 Å². The van der Waals surface area contributed by atoms with Gasteiger partial charge in [0.1, 0.15) is 5.54 Å². The third-order valence-electron chi connectivity index (χ3n) is 7.25. The topological polar surface area (TPSA) is 122 Å². The van der Waals surface area contributed by atoms with Crippen molar-refractivity contribution in [1.82, 2.24) is 10.2 Å². The first-order chi connectivity index (χ1) is 16.2. The van der Waals surface area contributed by atoms with Crippen LogP contribution in [0, 0.1) is 18.8 Å². The van der Waals surface area contributed by atoms with Crippen LogP contribution in [0.4, 0.5) is 5.69 Å². The van der Waals surface area contributed by atoms with Gasteiger partial charge in [0.2, 0.25) is 23.6 Å². The predicted molar refractivity (Wildman–Crippen MR) is 126 cm³/mol. The highest BCUT2D eigenvalue weighted by Crippen LogP contribution is 2.54. The van der Waals surface area contributed by atoms with E-state index in [-0.39, 0.29) is 31.2 Å². The molecule has 34 heavy (non-hydrogen) atoms. The summed E-state index contributed by atoms with van der Waals surface area (Å²) in [4.78, 5) is 53.6. The molecule has 2 fully saturated rings. The Labute approximate surface area is 201 Å². The molecule has 176 valence electrons. The number of nitrogens with zero attached hydrogens (tertiary/aromatic N) is 1. The fraction of sp³-hybridized carbons (Fsp3) is 0.360. The highest BCUT2D eigenvalue weighted by molar-refractivity contribution is 6.31. The number of carbonyl (C=O) groups excluding carboxylic acids is 4. The SMILES string of the molecule is Cc1cc(Cl)cc2c1NC(=O)[C@@]21N[C@@H](CCC(N)=O)[C@H]2C(=O)N(CCc3ccccc3)C(=O)[C@@H]21. The fourth-order valence-electron chi connectivity index (χ4n) is 5.75. The second-order valence-electron chi connectivity index (χ2n) is 9.23. The van der Waals surface area contributed by atoms with Crippen LogP contribution in [0.3, 0.4) is 0 Å². The highest BCUT2D eigenvalue weighted by atomic mass is 35.5. The Hall–Kier alpha value is -3.23. The van der Waals surface area contributed by atoms with Crippen LogP contribution in [0.25, 0.3) is 0 Å². The first-order valence-electron chi connectivity index (χ1n) is 11.3. The number of hydrogen-bond acceptors (Lipinski definition) is 5. The van der Waals surface area contributed by atoms with Crippen molar-refractivity contribution in [3.63, 3.8) is 0 Å². The fourth-order valence-corrected chi connectivity index (χ4v) is 6.02. The number of primary amides is 1. The molecule has 2 aromatic rings. The molecule has 0 aliphatic carbocycles. The van der Waals surface area contributed by atoms with Crippen molar-refractivity contribution in [3.8, 4) is 0 Å². The first kappa shape index (κ1) is 22.6. The number of anilines is 1. The number of likely N-dealkylation sites (tertiary alicyclic amines) is 1. The predicted octanol–water partition coefficient (Wildman–Crippen LogP) is 1.88. The number of nitrogens with two attached hydrogens (primary N) is 1. The molecule has 5 rings (SSSR count). The number of carbonyl (C=O) groups is 4. The monoisotopic (exact) mass is 480 g/mol. The average molecular weight is 481 g/mol. The van der Waals surface area contributed by atoms with E-state index in [1.807, 2.05) is 37.3 Å². The summed E-state index contributed by atoms with van der Waals surface area (Å²) in [6.45, 7) is 2.05. The maximum Gasteiger partial charge on any atom is 0.250 e. The van der Waals surface area contributed by atoms with Crippen molar-refractivity contribution in [2.45, 2.75) is 37.8 Å². The molecule has 4 atom stereocenters. The van der Waals surface area contributed by atoms with E-state index in [1.54, 1.807) is 12.1 Å². The lowest BCUT2D eigenvalue weighted by Crippen LogP contribution is -2.53. The zero-order chi connectivity index (χ0) is 24.2. The van der Waals surface area contributed by atoms with E-state index in [9.17, 15) is 19.2 Å². The van der Waals surface area contributed by atoms with E-state index in [1.165, 1.54) is 4.90 Å². The van der Waals surface area contributed by atoms with E-state index >= 15 is 0 Å². The summed E-state index contributed by atoms with van der Waals surface area (Å²) in [5.74, 6) is -3.33. The molecular weight excluding hydrogens is 456 g/mol. The Morgan fingerprint density at radius 1 is 1.15 bits per heavy atom. The van der Waals surface area contributed by atoms with Gasteiger partial charge in [0, 0.05) is 35.3 Å². The van der Waals surface area contributed by atoms with Gasteiger partial charge in [0.25, 0.3) is 0 Å². The smallest absolute Gasteiger partial charge is 0.250 e. The number of nitrogens with one attached hydrogen (secondary N) is 2. The lowest BCUT2D eigenvalue weighted by molar-refractivity contribution is -0.142. The molecule has 4 amide bonds. The Kier molecular flexibility index (Phi) is 5.45. The lowest BCUT2D eigenvalue weighted by atomic mass is 9.76. The Bertz CT molecular complexity index is 1220. The molecule has 2 aromatic carbocycles. The second kappa shape index (κ2) is 8.21. The van der Waals surface area contributed by atoms with Gasteiger partial charge in [0.15, 0.2) is 0 Å². The molecule has 1 spiro atoms. The van der Waals surface area contributed by atoms with E-state index in [4.69, 9.17) is 17.3 Å². The first-order valence-corrected chi connectivity index (χ1v) is 11.7. The number of aryl methyl sites for hydroxylation is 1. The van der Waals surface area contributed by atoms with E-state index in [0.29, 0.717) is 22.7 Å². The minimum absolute atomic E-state index is 0.0332. The minimum atomic E-state index is -1.44. The summed E-state index contributed by atoms with van der Waals surface area (Å²) in [5.41, 5.74) is 6.86. The normalized spacial score (nSPS) is 27.3. The highest BCUT2D eigenvalue weighted by Gasteiger charge is 2.70. The van der Waals surface area contributed by atoms with Crippen molar-refractivity contribution in [2.75, 3.05) is 11.9 Å². The van der Waals surface area contributed by atoms with Crippen LogP contribution in [0.5, 0.6) is 0 Å². The molecule has 3 heterocycles. The van der Waals surface area contributed by atoms with Crippen LogP contribution >= 0.6 is 11.6 Å². The van der Waals surface area contributed by atoms with Gasteiger partial charge >= 0.3 is 0 Å². The lowest BCUT2D eigenvalue weighted by Gasteiger charge is -2.29. The summed E-state index contributed by atoms with van der Waals surface area (Å²) in [6, 6.07) is 12.4. The number of rotatable bonds is 6. The van der Waals surface area contributed by atoms with Gasteiger partial charge in [0.05, 0.1) is 11.8 Å². The molecule has 9 heteroatoms. The molecule has 0 radical (unpaired) electrons. The molecule has 0 unspecified atom stereocenters. The van der Waals surface area contributed by atoms with Gasteiger partial charge in [-0.15, -0.1) is 0 Å². The van der Waals surface area contributed by atoms with Crippen LogP contribution in [-0.4, -0.2) is 41.1 Å². The van der Waals surface area contributed by atoms with Crippen molar-refractivity contribution in [3.05, 3.63) is 64.2 Å². The largest absolute Gasteiger partial charge is 0.370 e. The summed E-state index contributed by atoms with van der Waals surface area (Å²) >= 11 is 6.34. The van der Waals surface area contributed by atoms with E-state index < -0.39 is 35.2 Å². The average Bonchev–Trinajstić information content (AvgIpc) is 3.37. The van der Waals surface area contributed by atoms with Crippen molar-refractivity contribution >= 4 is 40.9 Å². The Balaban J connectivity index is 1.55. The number of amides is 4. The third-order valence-corrected chi connectivity index (χ3v) is 7.46. The summed E-state index contributed by atoms with van der Waals surface area (Å²) in [7, 11) is 0. The molecule has 3 aliphatic heterocycles. The molecule has 0 saturated carbocycles. The number of hydrogen-bond donors (Lipinski definition) is 3. The molecular formula is C25H25ClN4O4. The number of imide groups is 1. The van der Waals surface area contributed by atoms with Gasteiger partial charge < -0.3 is 11.1 Å². The maximum absolute atomic E-state index is 13.7. The molecule has 4 N–H and O–H groups in total. The van der Waals surface area contributed by atoms with Crippen LogP contribution in [-0.2, 0) is 31.1 Å². The third kappa shape index (κ3) is 3.32. The van der Waals surface area contributed by atoms with Crippen LogP contribution in [0.15, 0.2) is 42.5 Å². The van der Waals surface area contributed by atoms with E-state index in [2.05, 4.69) is 10.6 Å². The number of benzene rings is 2. The number of fused-ring (bicyclic) bond motifs is 4. The van der Waals surface area contributed by atoms with E-state index in [0.717, 1.165) is 11.1 Å². The van der Waals surface area contributed by atoms with Gasteiger partial charge in [-0.2, -0.15) is 0 Å². The zero-order valence-electron chi connectivity index (χ0n) is 18.6.